The van der Waals surface area contributed by atoms with Crippen LogP contribution in [0.25, 0.3) is 33.3 Å². The maximum atomic E-state index is 13.6. The van der Waals surface area contributed by atoms with Crippen molar-refractivity contribution in [2.45, 2.75) is 20.5 Å². The van der Waals surface area contributed by atoms with Crippen LogP contribution in [0.5, 0.6) is 0 Å². The van der Waals surface area contributed by atoms with Gasteiger partial charge in [-0.15, -0.1) is 0 Å². The molecule has 1 aromatic heterocycles. The van der Waals surface area contributed by atoms with Crippen LogP contribution in [0, 0.1) is 11.3 Å². The molecule has 0 saturated carbocycles. The van der Waals surface area contributed by atoms with Crippen molar-refractivity contribution in [3.05, 3.63) is 77.6 Å². The Labute approximate surface area is 234 Å². The Balaban J connectivity index is 0.00000387. The van der Waals surface area contributed by atoms with Gasteiger partial charge in [-0.1, -0.05) is 25.6 Å². The third-order valence-electron chi connectivity index (χ3n) is 6.97. The van der Waals surface area contributed by atoms with Gasteiger partial charge in [0.25, 0.3) is 5.91 Å². The summed E-state index contributed by atoms with van der Waals surface area (Å²) >= 11 is 0. The number of fused-ring (bicyclic) bond motifs is 1. The van der Waals surface area contributed by atoms with E-state index in [1.807, 2.05) is 0 Å². The number of aromatic nitrogens is 2. The normalized spacial score (nSPS) is 13.4. The lowest BCUT2D eigenvalue weighted by Crippen LogP contribution is -2.50. The summed E-state index contributed by atoms with van der Waals surface area (Å²) in [5, 5.41) is 9.94. The lowest BCUT2D eigenvalue weighted by atomic mass is 9.95. The predicted octanol–water partition coefficient (Wildman–Crippen LogP) is 5.38. The third-order valence-corrected chi connectivity index (χ3v) is 6.97. The van der Waals surface area contributed by atoms with E-state index >= 15 is 0 Å². The van der Waals surface area contributed by atoms with Crippen LogP contribution in [0.15, 0.2) is 60.9 Å². The highest BCUT2D eigenvalue weighted by Crippen LogP contribution is 2.39. The number of rotatable bonds is 3. The molecule has 1 aliphatic rings. The molecule has 8 nitrogen and oxygen atoms in total. The van der Waals surface area contributed by atoms with Gasteiger partial charge in [-0.05, 0) is 47.5 Å². The fraction of sp³-hybridized carbons (Fsp3) is 0.233. The number of hydrogen-bond donors (Lipinski definition) is 1. The molecule has 0 atom stereocenters. The molecule has 0 spiro atoms. The molecule has 1 fully saturated rings. The SMILES string of the molecule is C.CC(=O)N1CCN(C(=O)c2cccc(-c3ncnc4ccc(-c5cc(C#N)c(N)c(C(F)(F)F)c5)cc34)c2)CC1. The monoisotopic (exact) mass is 560 g/mol. The van der Waals surface area contributed by atoms with Gasteiger partial charge in [-0.3, -0.25) is 9.59 Å². The van der Waals surface area contributed by atoms with Gasteiger partial charge in [-0.2, -0.15) is 18.4 Å². The number of carbonyl (C=O) groups excluding carboxylic acids is 2. The van der Waals surface area contributed by atoms with Crippen molar-refractivity contribution in [3.8, 4) is 28.5 Å². The van der Waals surface area contributed by atoms with Gasteiger partial charge >= 0.3 is 6.18 Å². The molecule has 0 radical (unpaired) electrons. The van der Waals surface area contributed by atoms with Crippen molar-refractivity contribution in [1.82, 2.24) is 19.8 Å². The molecule has 41 heavy (non-hydrogen) atoms. The zero-order valence-corrected chi connectivity index (χ0v) is 21.4. The van der Waals surface area contributed by atoms with Gasteiger partial charge in [0.05, 0.1) is 28.0 Å². The Morgan fingerprint density at radius 3 is 2.29 bits per heavy atom. The molecule has 0 aliphatic carbocycles. The van der Waals surface area contributed by atoms with E-state index in [4.69, 9.17) is 5.73 Å². The van der Waals surface area contributed by atoms with Crippen LogP contribution in [-0.2, 0) is 11.0 Å². The summed E-state index contributed by atoms with van der Waals surface area (Å²) in [4.78, 5) is 36.9. The van der Waals surface area contributed by atoms with E-state index in [0.29, 0.717) is 59.5 Å². The average Bonchev–Trinajstić information content (AvgIpc) is 2.95. The first-order valence-electron chi connectivity index (χ1n) is 12.4. The van der Waals surface area contributed by atoms with E-state index in [1.54, 1.807) is 58.3 Å². The topological polar surface area (TPSA) is 116 Å². The number of benzene rings is 3. The molecule has 210 valence electrons. The minimum atomic E-state index is -4.73. The highest BCUT2D eigenvalue weighted by atomic mass is 19.4. The van der Waals surface area contributed by atoms with Crippen molar-refractivity contribution < 1.29 is 22.8 Å². The number of nitrogens with two attached hydrogens (primary N) is 1. The molecule has 3 aromatic carbocycles. The number of nitriles is 1. The number of carbonyl (C=O) groups is 2. The second-order valence-electron chi connectivity index (χ2n) is 9.43. The summed E-state index contributed by atoms with van der Waals surface area (Å²) in [6, 6.07) is 15.9. The smallest absolute Gasteiger partial charge is 0.397 e. The maximum absolute atomic E-state index is 13.6. The molecule has 4 aromatic rings. The number of nitrogen functional groups attached to an aromatic ring is 1. The highest BCUT2D eigenvalue weighted by Gasteiger charge is 2.34. The van der Waals surface area contributed by atoms with Crippen LogP contribution in [0.2, 0.25) is 0 Å². The van der Waals surface area contributed by atoms with Crippen molar-refractivity contribution in [2.75, 3.05) is 31.9 Å². The Kier molecular flexibility index (Phi) is 7.96. The summed E-state index contributed by atoms with van der Waals surface area (Å²) < 4.78 is 40.9. The Hall–Kier alpha value is -4.98. The molecule has 11 heteroatoms. The van der Waals surface area contributed by atoms with E-state index in [-0.39, 0.29) is 30.4 Å². The molecule has 1 aliphatic heterocycles. The van der Waals surface area contributed by atoms with Crippen LogP contribution in [0.4, 0.5) is 18.9 Å². The molecular formula is C30H27F3N6O2. The Morgan fingerprint density at radius 2 is 1.63 bits per heavy atom. The molecule has 2 N–H and O–H groups in total. The fourth-order valence-corrected chi connectivity index (χ4v) is 4.82. The first-order chi connectivity index (χ1) is 19.1. The number of nitrogens with zero attached hydrogens (tertiary/aromatic N) is 5. The summed E-state index contributed by atoms with van der Waals surface area (Å²) in [7, 11) is 0. The second-order valence-corrected chi connectivity index (χ2v) is 9.43. The van der Waals surface area contributed by atoms with Crippen LogP contribution >= 0.6 is 0 Å². The first kappa shape index (κ1) is 29.0. The number of anilines is 1. The average molecular weight is 561 g/mol. The van der Waals surface area contributed by atoms with Gasteiger partial charge in [0, 0.05) is 49.6 Å². The molecule has 2 heterocycles. The molecule has 0 unspecified atom stereocenters. The van der Waals surface area contributed by atoms with Crippen LogP contribution < -0.4 is 5.73 Å². The number of piperazine rings is 1. The fourth-order valence-electron chi connectivity index (χ4n) is 4.82. The second kappa shape index (κ2) is 11.3. The first-order valence-corrected chi connectivity index (χ1v) is 12.4. The molecule has 0 bridgehead atoms. The lowest BCUT2D eigenvalue weighted by molar-refractivity contribution is -0.137. The molecular weight excluding hydrogens is 533 g/mol. The van der Waals surface area contributed by atoms with Crippen molar-refractivity contribution in [1.29, 1.82) is 5.26 Å². The van der Waals surface area contributed by atoms with Crippen molar-refractivity contribution in [3.63, 3.8) is 0 Å². The summed E-state index contributed by atoms with van der Waals surface area (Å²) in [5.74, 6) is -0.198. The number of amides is 2. The van der Waals surface area contributed by atoms with Crippen molar-refractivity contribution in [2.24, 2.45) is 0 Å². The summed E-state index contributed by atoms with van der Waals surface area (Å²) in [6.45, 7) is 3.29. The number of halogens is 3. The largest absolute Gasteiger partial charge is 0.418 e. The van der Waals surface area contributed by atoms with Crippen LogP contribution in [-0.4, -0.2) is 57.8 Å². The molecule has 2 amide bonds. The van der Waals surface area contributed by atoms with E-state index < -0.39 is 17.4 Å². The van der Waals surface area contributed by atoms with Crippen LogP contribution in [0.1, 0.15) is 35.8 Å². The van der Waals surface area contributed by atoms with Crippen LogP contribution in [0.3, 0.4) is 0 Å². The van der Waals surface area contributed by atoms with Gasteiger partial charge in [0.2, 0.25) is 5.91 Å². The minimum Gasteiger partial charge on any atom is -0.397 e. The maximum Gasteiger partial charge on any atom is 0.418 e. The number of hydrogen-bond acceptors (Lipinski definition) is 6. The zero-order chi connectivity index (χ0) is 28.6. The van der Waals surface area contributed by atoms with E-state index in [0.717, 1.165) is 6.07 Å². The molecule has 1 saturated heterocycles. The Bertz CT molecular complexity index is 1690. The minimum absolute atomic E-state index is 0. The van der Waals surface area contributed by atoms with Gasteiger partial charge in [0.1, 0.15) is 12.4 Å². The Morgan fingerprint density at radius 1 is 0.927 bits per heavy atom. The standard InChI is InChI=1S/C29H23F3N6O2.CH4/c1-17(39)37-7-9-38(10-8-37)28(40)20-4-2-3-19(11-20)27-23-13-18(5-6-25(23)35-16-36-27)21-12-22(15-33)26(34)24(14-21)29(30,31)32;/h2-6,11-14,16H,7-10,34H2,1H3;1H4. The summed E-state index contributed by atoms with van der Waals surface area (Å²) in [5.41, 5.74) is 6.36. The van der Waals surface area contributed by atoms with E-state index in [2.05, 4.69) is 9.97 Å². The summed E-state index contributed by atoms with van der Waals surface area (Å²) in [6.07, 6.45) is -3.35. The third kappa shape index (κ3) is 5.68. The number of alkyl halides is 3. The molecule has 5 rings (SSSR count). The lowest BCUT2D eigenvalue weighted by Gasteiger charge is -2.34. The van der Waals surface area contributed by atoms with E-state index in [1.165, 1.54) is 19.3 Å². The van der Waals surface area contributed by atoms with Gasteiger partial charge < -0.3 is 15.5 Å². The van der Waals surface area contributed by atoms with Crippen molar-refractivity contribution >= 4 is 28.4 Å². The van der Waals surface area contributed by atoms with Gasteiger partial charge in [0.15, 0.2) is 0 Å². The predicted molar refractivity (Wildman–Crippen MR) is 149 cm³/mol. The zero-order valence-electron chi connectivity index (χ0n) is 21.4. The quantitative estimate of drug-likeness (QED) is 0.337. The highest BCUT2D eigenvalue weighted by molar-refractivity contribution is 5.99. The van der Waals surface area contributed by atoms with E-state index in [9.17, 15) is 28.0 Å². The van der Waals surface area contributed by atoms with Gasteiger partial charge in [-0.25, -0.2) is 9.97 Å².